The van der Waals surface area contributed by atoms with Gasteiger partial charge in [0.25, 0.3) is 5.69 Å². The van der Waals surface area contributed by atoms with E-state index in [4.69, 9.17) is 9.26 Å². The summed E-state index contributed by atoms with van der Waals surface area (Å²) >= 11 is 0. The normalized spacial score (nSPS) is 12.0. The molecule has 0 radical (unpaired) electrons. The van der Waals surface area contributed by atoms with Crippen molar-refractivity contribution in [2.75, 3.05) is 6.61 Å². The third-order valence-corrected chi connectivity index (χ3v) is 4.37. The number of aromatic nitrogens is 2. The standard InChI is InChI=1S/C21H22N4O5/c1-14(2)19(22-18(26)13-29-12-15-6-4-3-5-7-15)21-23-20(24-30-21)16-8-10-17(11-9-16)25(27)28/h3-11,14,19H,12-13H2,1-2H3,(H,22,26)/t19-/m0/s1. The van der Waals surface area contributed by atoms with E-state index in [0.29, 0.717) is 18.0 Å². The highest BCUT2D eigenvalue weighted by atomic mass is 16.6. The van der Waals surface area contributed by atoms with Crippen molar-refractivity contribution in [2.24, 2.45) is 5.92 Å². The van der Waals surface area contributed by atoms with Gasteiger partial charge in [0.1, 0.15) is 12.6 Å². The summed E-state index contributed by atoms with van der Waals surface area (Å²) < 4.78 is 10.8. The number of hydrogen-bond acceptors (Lipinski definition) is 7. The van der Waals surface area contributed by atoms with Crippen LogP contribution in [0.25, 0.3) is 11.4 Å². The van der Waals surface area contributed by atoms with Crippen LogP contribution in [0.15, 0.2) is 59.1 Å². The van der Waals surface area contributed by atoms with Crippen LogP contribution in [-0.2, 0) is 16.1 Å². The number of carbonyl (C=O) groups is 1. The predicted octanol–water partition coefficient (Wildman–Crippen LogP) is 3.67. The zero-order valence-corrected chi connectivity index (χ0v) is 16.6. The van der Waals surface area contributed by atoms with E-state index in [1.807, 2.05) is 44.2 Å². The van der Waals surface area contributed by atoms with Crippen LogP contribution in [0.3, 0.4) is 0 Å². The number of ether oxygens (including phenoxy) is 1. The molecule has 0 aliphatic carbocycles. The van der Waals surface area contributed by atoms with E-state index in [-0.39, 0.29) is 30.0 Å². The fourth-order valence-corrected chi connectivity index (χ4v) is 2.78. The second kappa shape index (κ2) is 9.75. The van der Waals surface area contributed by atoms with E-state index >= 15 is 0 Å². The van der Waals surface area contributed by atoms with Crippen LogP contribution in [0.4, 0.5) is 5.69 Å². The Hall–Kier alpha value is -3.59. The number of nitrogens with one attached hydrogen (secondary N) is 1. The molecule has 30 heavy (non-hydrogen) atoms. The molecule has 0 unspecified atom stereocenters. The first-order valence-electron chi connectivity index (χ1n) is 9.43. The van der Waals surface area contributed by atoms with Gasteiger partial charge in [-0.25, -0.2) is 0 Å². The molecule has 0 spiro atoms. The second-order valence-electron chi connectivity index (χ2n) is 7.03. The fraction of sp³-hybridized carbons (Fsp3) is 0.286. The lowest BCUT2D eigenvalue weighted by molar-refractivity contribution is -0.384. The summed E-state index contributed by atoms with van der Waals surface area (Å²) in [7, 11) is 0. The molecule has 1 atom stereocenters. The Balaban J connectivity index is 1.62. The zero-order chi connectivity index (χ0) is 21.5. The molecule has 1 N–H and O–H groups in total. The van der Waals surface area contributed by atoms with Crippen molar-refractivity contribution in [3.05, 3.63) is 76.2 Å². The summed E-state index contributed by atoms with van der Waals surface area (Å²) in [5.41, 5.74) is 1.54. The van der Waals surface area contributed by atoms with Gasteiger partial charge in [-0.1, -0.05) is 49.3 Å². The van der Waals surface area contributed by atoms with Gasteiger partial charge in [0, 0.05) is 17.7 Å². The summed E-state index contributed by atoms with van der Waals surface area (Å²) in [4.78, 5) is 27.0. The molecule has 0 saturated heterocycles. The van der Waals surface area contributed by atoms with E-state index in [2.05, 4.69) is 15.5 Å². The van der Waals surface area contributed by atoms with Crippen LogP contribution in [-0.4, -0.2) is 27.6 Å². The van der Waals surface area contributed by atoms with E-state index in [9.17, 15) is 14.9 Å². The van der Waals surface area contributed by atoms with Gasteiger partial charge >= 0.3 is 0 Å². The summed E-state index contributed by atoms with van der Waals surface area (Å²) in [5.74, 6) is 0.253. The van der Waals surface area contributed by atoms with Gasteiger partial charge < -0.3 is 14.6 Å². The lowest BCUT2D eigenvalue weighted by Gasteiger charge is -2.18. The average Bonchev–Trinajstić information content (AvgIpc) is 3.22. The maximum absolute atomic E-state index is 12.3. The van der Waals surface area contributed by atoms with Gasteiger partial charge in [0.15, 0.2) is 0 Å². The molecule has 2 aromatic carbocycles. The molecule has 0 saturated carbocycles. The molecule has 1 aromatic heterocycles. The van der Waals surface area contributed by atoms with Crippen LogP contribution in [0.2, 0.25) is 0 Å². The van der Waals surface area contributed by atoms with Gasteiger partial charge in [0.05, 0.1) is 11.5 Å². The smallest absolute Gasteiger partial charge is 0.269 e. The number of carbonyl (C=O) groups excluding carboxylic acids is 1. The SMILES string of the molecule is CC(C)[C@H](NC(=O)COCc1ccccc1)c1nc(-c2ccc([N+](=O)[O-])cc2)no1. The van der Waals surface area contributed by atoms with Crippen molar-refractivity contribution >= 4 is 11.6 Å². The lowest BCUT2D eigenvalue weighted by Crippen LogP contribution is -2.34. The molecule has 0 fully saturated rings. The van der Waals surface area contributed by atoms with E-state index in [1.165, 1.54) is 12.1 Å². The van der Waals surface area contributed by atoms with Gasteiger partial charge in [-0.05, 0) is 23.6 Å². The van der Waals surface area contributed by atoms with Crippen LogP contribution < -0.4 is 5.32 Å². The van der Waals surface area contributed by atoms with Crippen molar-refractivity contribution in [1.82, 2.24) is 15.5 Å². The van der Waals surface area contributed by atoms with E-state index in [1.54, 1.807) is 12.1 Å². The van der Waals surface area contributed by atoms with Gasteiger partial charge in [0.2, 0.25) is 17.6 Å². The number of non-ortho nitro benzene ring substituents is 1. The lowest BCUT2D eigenvalue weighted by atomic mass is 10.0. The van der Waals surface area contributed by atoms with Crippen molar-refractivity contribution in [3.8, 4) is 11.4 Å². The molecule has 9 heteroatoms. The van der Waals surface area contributed by atoms with E-state index in [0.717, 1.165) is 5.56 Å². The second-order valence-corrected chi connectivity index (χ2v) is 7.03. The number of benzene rings is 2. The molecular formula is C21H22N4O5. The van der Waals surface area contributed by atoms with Crippen LogP contribution in [0, 0.1) is 16.0 Å². The molecule has 3 aromatic rings. The van der Waals surface area contributed by atoms with E-state index < -0.39 is 11.0 Å². The first-order valence-corrected chi connectivity index (χ1v) is 9.43. The minimum atomic E-state index is -0.489. The summed E-state index contributed by atoms with van der Waals surface area (Å²) in [6.07, 6.45) is 0. The Kier molecular flexibility index (Phi) is 6.87. The molecule has 0 bridgehead atoms. The Morgan fingerprint density at radius 1 is 1.17 bits per heavy atom. The van der Waals surface area contributed by atoms with Gasteiger partial charge in [-0.15, -0.1) is 0 Å². The van der Waals surface area contributed by atoms with Gasteiger partial charge in [-0.2, -0.15) is 4.98 Å². The maximum atomic E-state index is 12.3. The number of nitrogens with zero attached hydrogens (tertiary/aromatic N) is 3. The molecule has 156 valence electrons. The summed E-state index contributed by atoms with van der Waals surface area (Å²) in [5, 5.41) is 17.6. The quantitative estimate of drug-likeness (QED) is 0.422. The van der Waals surface area contributed by atoms with Crippen molar-refractivity contribution < 1.29 is 19.0 Å². The van der Waals surface area contributed by atoms with Crippen molar-refractivity contribution in [1.29, 1.82) is 0 Å². The Bertz CT molecular complexity index is 986. The van der Waals surface area contributed by atoms with Gasteiger partial charge in [-0.3, -0.25) is 14.9 Å². The highest BCUT2D eigenvalue weighted by Crippen LogP contribution is 2.24. The first-order chi connectivity index (χ1) is 14.4. The number of nitro groups is 1. The molecule has 0 aliphatic heterocycles. The summed E-state index contributed by atoms with van der Waals surface area (Å²) in [6.45, 7) is 4.09. The number of hydrogen-bond donors (Lipinski definition) is 1. The maximum Gasteiger partial charge on any atom is 0.269 e. The largest absolute Gasteiger partial charge is 0.367 e. The zero-order valence-electron chi connectivity index (χ0n) is 16.6. The third kappa shape index (κ3) is 5.48. The van der Waals surface area contributed by atoms with Crippen LogP contribution in [0.5, 0.6) is 0 Å². The monoisotopic (exact) mass is 410 g/mol. The molecule has 1 amide bonds. The molecule has 3 rings (SSSR count). The first kappa shape index (κ1) is 21.1. The topological polar surface area (TPSA) is 120 Å². The molecule has 0 aliphatic rings. The minimum Gasteiger partial charge on any atom is -0.367 e. The van der Waals surface area contributed by atoms with Crippen molar-refractivity contribution in [3.63, 3.8) is 0 Å². The highest BCUT2D eigenvalue weighted by molar-refractivity contribution is 5.77. The number of amides is 1. The highest BCUT2D eigenvalue weighted by Gasteiger charge is 2.25. The summed E-state index contributed by atoms with van der Waals surface area (Å²) in [6, 6.07) is 14.9. The minimum absolute atomic E-state index is 0.00626. The molecule has 9 nitrogen and oxygen atoms in total. The van der Waals surface area contributed by atoms with Crippen molar-refractivity contribution in [2.45, 2.75) is 26.5 Å². The fourth-order valence-electron chi connectivity index (χ4n) is 2.78. The Morgan fingerprint density at radius 2 is 1.87 bits per heavy atom. The average molecular weight is 410 g/mol. The molecular weight excluding hydrogens is 388 g/mol. The predicted molar refractivity (Wildman–Crippen MR) is 108 cm³/mol. The number of rotatable bonds is 9. The molecule has 1 heterocycles. The Morgan fingerprint density at radius 3 is 2.50 bits per heavy atom. The third-order valence-electron chi connectivity index (χ3n) is 4.37. The van der Waals surface area contributed by atoms with Crippen LogP contribution in [0.1, 0.15) is 31.3 Å². The Labute approximate surface area is 173 Å². The van der Waals surface area contributed by atoms with Crippen LogP contribution >= 0.6 is 0 Å². The number of nitro benzene ring substituents is 1.